The van der Waals surface area contributed by atoms with Gasteiger partial charge < -0.3 is 0 Å². The number of fused-ring (bicyclic) bond motifs is 3. The van der Waals surface area contributed by atoms with E-state index in [1.165, 1.54) is 11.3 Å². The Morgan fingerprint density at radius 1 is 1.17 bits per heavy atom. The highest BCUT2D eigenvalue weighted by Gasteiger charge is 2.16. The van der Waals surface area contributed by atoms with Crippen molar-refractivity contribution in [3.63, 3.8) is 0 Å². The molecule has 8 heteroatoms. The Kier molecular flexibility index (Phi) is 3.58. The molecule has 0 aliphatic heterocycles. The largest absolute Gasteiger partial charge is 0.296 e. The van der Waals surface area contributed by atoms with Gasteiger partial charge in [0.25, 0.3) is 5.91 Å². The molecule has 0 fully saturated rings. The lowest BCUT2D eigenvalue weighted by atomic mass is 10.3. The quantitative estimate of drug-likeness (QED) is 0.602. The van der Waals surface area contributed by atoms with Gasteiger partial charge in [0, 0.05) is 12.2 Å². The molecule has 3 aromatic heterocycles. The van der Waals surface area contributed by atoms with E-state index in [4.69, 9.17) is 0 Å². The van der Waals surface area contributed by atoms with Gasteiger partial charge in [-0.25, -0.2) is 9.97 Å². The molecule has 24 heavy (non-hydrogen) atoms. The Labute approximate surface area is 146 Å². The van der Waals surface area contributed by atoms with Gasteiger partial charge in [-0.15, -0.1) is 11.3 Å². The molecule has 1 aromatic carbocycles. The molecular weight excluding hydrogens is 342 g/mol. The molecule has 0 aliphatic carbocycles. The Hall–Kier alpha value is -2.32. The highest BCUT2D eigenvalue weighted by Crippen LogP contribution is 2.35. The number of amides is 1. The zero-order chi connectivity index (χ0) is 16.8. The first-order valence-corrected chi connectivity index (χ1v) is 9.21. The summed E-state index contributed by atoms with van der Waals surface area (Å²) in [7, 11) is 0. The molecule has 0 aliphatic rings. The summed E-state index contributed by atoms with van der Waals surface area (Å²) in [6.45, 7) is 6.67. The number of carbonyl (C=O) groups is 1. The van der Waals surface area contributed by atoms with E-state index in [1.807, 2.05) is 32.9 Å². The highest BCUT2D eigenvalue weighted by molar-refractivity contribution is 7.28. The number of anilines is 1. The predicted octanol–water partition coefficient (Wildman–Crippen LogP) is 3.99. The Morgan fingerprint density at radius 2 is 1.88 bits per heavy atom. The smallest absolute Gasteiger partial charge is 0.277 e. The molecule has 3 heterocycles. The van der Waals surface area contributed by atoms with Crippen molar-refractivity contribution < 1.29 is 4.79 Å². The summed E-state index contributed by atoms with van der Waals surface area (Å²) < 4.78 is 3.98. The van der Waals surface area contributed by atoms with Gasteiger partial charge in [-0.05, 0) is 39.0 Å². The molecule has 0 spiro atoms. The zero-order valence-electron chi connectivity index (χ0n) is 13.5. The average molecular weight is 357 g/mol. The van der Waals surface area contributed by atoms with Crippen molar-refractivity contribution in [2.24, 2.45) is 0 Å². The van der Waals surface area contributed by atoms with Crippen LogP contribution < -0.4 is 5.32 Å². The molecule has 0 atom stereocenters. The van der Waals surface area contributed by atoms with Crippen molar-refractivity contribution >= 4 is 54.1 Å². The fourth-order valence-corrected chi connectivity index (χ4v) is 4.64. The summed E-state index contributed by atoms with van der Waals surface area (Å²) in [5.41, 5.74) is 3.23. The Bertz CT molecular complexity index is 1080. The third-order valence-electron chi connectivity index (χ3n) is 3.75. The van der Waals surface area contributed by atoms with Crippen molar-refractivity contribution in [2.45, 2.75) is 27.3 Å². The summed E-state index contributed by atoms with van der Waals surface area (Å²) in [6.07, 6.45) is 0. The van der Waals surface area contributed by atoms with Crippen LogP contribution in [-0.4, -0.2) is 25.7 Å². The monoisotopic (exact) mass is 357 g/mol. The number of hydrogen-bond acceptors (Lipinski definition) is 6. The number of benzene rings is 1. The van der Waals surface area contributed by atoms with Gasteiger partial charge >= 0.3 is 0 Å². The van der Waals surface area contributed by atoms with E-state index >= 15 is 0 Å². The summed E-state index contributed by atoms with van der Waals surface area (Å²) in [5, 5.41) is 8.77. The molecule has 6 nitrogen and oxygen atoms in total. The molecule has 4 aromatic rings. The number of rotatable bonds is 3. The maximum atomic E-state index is 12.4. The number of nitrogens with one attached hydrogen (secondary N) is 1. The van der Waals surface area contributed by atoms with Crippen LogP contribution in [0.5, 0.6) is 0 Å². The van der Waals surface area contributed by atoms with Crippen LogP contribution in [0.1, 0.15) is 28.1 Å². The van der Waals surface area contributed by atoms with Crippen molar-refractivity contribution in [1.82, 2.24) is 19.7 Å². The van der Waals surface area contributed by atoms with Crippen LogP contribution in [0.4, 0.5) is 5.13 Å². The lowest BCUT2D eigenvalue weighted by Crippen LogP contribution is -2.13. The predicted molar refractivity (Wildman–Crippen MR) is 98.1 cm³/mol. The van der Waals surface area contributed by atoms with E-state index in [2.05, 4.69) is 20.4 Å². The van der Waals surface area contributed by atoms with E-state index in [0.29, 0.717) is 10.8 Å². The van der Waals surface area contributed by atoms with Gasteiger partial charge in [-0.2, -0.15) is 5.10 Å². The Balaban J connectivity index is 1.68. The number of hydrogen-bond donors (Lipinski definition) is 1. The van der Waals surface area contributed by atoms with Crippen LogP contribution >= 0.6 is 22.7 Å². The molecule has 0 radical (unpaired) electrons. The lowest BCUT2D eigenvalue weighted by molar-refractivity contribution is 0.102. The van der Waals surface area contributed by atoms with E-state index in [0.717, 1.165) is 37.7 Å². The van der Waals surface area contributed by atoms with Crippen LogP contribution in [0.25, 0.3) is 20.4 Å². The molecular formula is C16H15N5OS2. The van der Waals surface area contributed by atoms with Crippen molar-refractivity contribution in [2.75, 3.05) is 5.32 Å². The summed E-state index contributed by atoms with van der Waals surface area (Å²) >= 11 is 3.12. The summed E-state index contributed by atoms with van der Waals surface area (Å²) in [6, 6.07) is 5.70. The van der Waals surface area contributed by atoms with Crippen LogP contribution in [0, 0.1) is 13.8 Å². The minimum Gasteiger partial charge on any atom is -0.296 e. The van der Waals surface area contributed by atoms with E-state index in [-0.39, 0.29) is 5.91 Å². The van der Waals surface area contributed by atoms with Gasteiger partial charge in [0.15, 0.2) is 10.8 Å². The number of thiazole rings is 2. The van der Waals surface area contributed by atoms with Crippen LogP contribution in [0.3, 0.4) is 0 Å². The molecule has 4 rings (SSSR count). The first-order valence-electron chi connectivity index (χ1n) is 7.57. The fraction of sp³-hybridized carbons (Fsp3) is 0.250. The molecule has 0 unspecified atom stereocenters. The van der Waals surface area contributed by atoms with Gasteiger partial charge in [-0.3, -0.25) is 14.8 Å². The normalized spacial score (nSPS) is 11.5. The summed E-state index contributed by atoms with van der Waals surface area (Å²) in [4.78, 5) is 21.4. The van der Waals surface area contributed by atoms with Crippen molar-refractivity contribution in [3.05, 3.63) is 34.6 Å². The second-order valence-electron chi connectivity index (χ2n) is 5.45. The van der Waals surface area contributed by atoms with Crippen LogP contribution in [-0.2, 0) is 6.54 Å². The third-order valence-corrected chi connectivity index (χ3v) is 5.89. The Morgan fingerprint density at radius 3 is 2.58 bits per heavy atom. The maximum Gasteiger partial charge on any atom is 0.277 e. The molecule has 0 saturated carbocycles. The molecule has 0 saturated heterocycles. The second kappa shape index (κ2) is 5.64. The first kappa shape index (κ1) is 15.2. The minimum atomic E-state index is -0.235. The fourth-order valence-electron chi connectivity index (χ4n) is 2.64. The van der Waals surface area contributed by atoms with Crippen LogP contribution in [0.15, 0.2) is 18.2 Å². The van der Waals surface area contributed by atoms with E-state index in [1.54, 1.807) is 22.1 Å². The SMILES string of the molecule is CCn1nc(C(=O)Nc2nc3ccc4nc(C)sc4c3s2)cc1C. The van der Waals surface area contributed by atoms with Gasteiger partial charge in [-0.1, -0.05) is 11.3 Å². The van der Waals surface area contributed by atoms with Crippen molar-refractivity contribution in [1.29, 1.82) is 0 Å². The lowest BCUT2D eigenvalue weighted by Gasteiger charge is -1.98. The molecule has 1 amide bonds. The van der Waals surface area contributed by atoms with Crippen molar-refractivity contribution in [3.8, 4) is 0 Å². The molecule has 122 valence electrons. The number of carbonyl (C=O) groups excluding carboxylic acids is 1. The first-order chi connectivity index (χ1) is 11.5. The number of nitrogens with zero attached hydrogens (tertiary/aromatic N) is 4. The van der Waals surface area contributed by atoms with E-state index in [9.17, 15) is 4.79 Å². The molecule has 0 bridgehead atoms. The van der Waals surface area contributed by atoms with E-state index < -0.39 is 0 Å². The van der Waals surface area contributed by atoms with Gasteiger partial charge in [0.1, 0.15) is 0 Å². The zero-order valence-corrected chi connectivity index (χ0v) is 15.1. The van der Waals surface area contributed by atoms with Gasteiger partial charge in [0.2, 0.25) is 0 Å². The second-order valence-corrected chi connectivity index (χ2v) is 7.66. The molecule has 1 N–H and O–H groups in total. The number of aromatic nitrogens is 4. The maximum absolute atomic E-state index is 12.4. The average Bonchev–Trinajstić information content (AvgIpc) is 3.21. The van der Waals surface area contributed by atoms with Gasteiger partial charge in [0.05, 0.1) is 25.4 Å². The number of aryl methyl sites for hydroxylation is 3. The topological polar surface area (TPSA) is 72.7 Å². The van der Waals surface area contributed by atoms with Crippen LogP contribution in [0.2, 0.25) is 0 Å². The minimum absolute atomic E-state index is 0.235. The third kappa shape index (κ3) is 2.47. The standard InChI is InChI=1S/C16H15N5OS2/c1-4-21-8(2)7-12(20-21)15(22)19-16-18-11-6-5-10-13(14(11)24-16)23-9(3)17-10/h5-7H,4H2,1-3H3,(H,18,19,22). The summed E-state index contributed by atoms with van der Waals surface area (Å²) in [5.74, 6) is -0.235. The highest BCUT2D eigenvalue weighted by atomic mass is 32.1.